The van der Waals surface area contributed by atoms with Gasteiger partial charge in [-0.25, -0.2) is 0 Å². The van der Waals surface area contributed by atoms with Crippen LogP contribution in [-0.2, 0) is 9.53 Å². The Balaban J connectivity index is 3.54. The fourth-order valence-electron chi connectivity index (χ4n) is 0.553. The number of halogens is 2. The Morgan fingerprint density at radius 3 is 2.36 bits per heavy atom. The maximum atomic E-state index is 10.8. The standard InChI is InChI=1S/C7H12Cl2O2/c1-2-3-7(10)11-6(4-8)5-9/h6H,2-5H2,1H3. The first-order chi connectivity index (χ1) is 5.24. The Morgan fingerprint density at radius 1 is 1.45 bits per heavy atom. The number of hydrogen-bond acceptors (Lipinski definition) is 2. The molecule has 0 aromatic rings. The molecule has 0 spiro atoms. The second-order valence-corrected chi connectivity index (χ2v) is 2.79. The second-order valence-electron chi connectivity index (χ2n) is 2.17. The molecule has 0 N–H and O–H groups in total. The third-order valence-corrected chi connectivity index (χ3v) is 1.78. The summed E-state index contributed by atoms with van der Waals surface area (Å²) in [6.07, 6.45) is 0.887. The zero-order valence-electron chi connectivity index (χ0n) is 6.48. The van der Waals surface area contributed by atoms with E-state index < -0.39 is 0 Å². The third kappa shape index (κ3) is 5.33. The average molecular weight is 199 g/mol. The van der Waals surface area contributed by atoms with E-state index in [4.69, 9.17) is 27.9 Å². The van der Waals surface area contributed by atoms with Crippen molar-refractivity contribution in [1.82, 2.24) is 0 Å². The summed E-state index contributed by atoms with van der Waals surface area (Å²) in [4.78, 5) is 10.8. The molecule has 0 heterocycles. The van der Waals surface area contributed by atoms with Crippen molar-refractivity contribution < 1.29 is 9.53 Å². The van der Waals surface area contributed by atoms with E-state index in [0.717, 1.165) is 6.42 Å². The van der Waals surface area contributed by atoms with Gasteiger partial charge in [-0.05, 0) is 6.42 Å². The molecule has 2 nitrogen and oxygen atoms in total. The molecular formula is C7H12Cl2O2. The minimum atomic E-state index is -0.336. The predicted octanol–water partition coefficient (Wildman–Crippen LogP) is 2.18. The lowest BCUT2D eigenvalue weighted by molar-refractivity contribution is -0.147. The molecule has 0 unspecified atom stereocenters. The monoisotopic (exact) mass is 198 g/mol. The largest absolute Gasteiger partial charge is 0.460 e. The first-order valence-corrected chi connectivity index (χ1v) is 4.62. The average Bonchev–Trinajstić information content (AvgIpc) is 2.01. The van der Waals surface area contributed by atoms with E-state index in [0.29, 0.717) is 6.42 Å². The van der Waals surface area contributed by atoms with Gasteiger partial charge in [0.1, 0.15) is 6.10 Å². The summed E-state index contributed by atoms with van der Waals surface area (Å²) < 4.78 is 4.89. The molecule has 0 aliphatic carbocycles. The van der Waals surface area contributed by atoms with Crippen molar-refractivity contribution in [1.29, 1.82) is 0 Å². The molecule has 0 aromatic carbocycles. The Morgan fingerprint density at radius 2 is 2.00 bits per heavy atom. The zero-order chi connectivity index (χ0) is 8.69. The highest BCUT2D eigenvalue weighted by atomic mass is 35.5. The number of rotatable bonds is 5. The molecular weight excluding hydrogens is 187 g/mol. The lowest BCUT2D eigenvalue weighted by Gasteiger charge is -2.10. The van der Waals surface area contributed by atoms with Gasteiger partial charge in [0.2, 0.25) is 0 Å². The normalized spacial score (nSPS) is 10.2. The molecule has 4 heteroatoms. The van der Waals surface area contributed by atoms with Gasteiger partial charge in [0.15, 0.2) is 0 Å². The molecule has 0 saturated carbocycles. The number of ether oxygens (including phenoxy) is 1. The summed E-state index contributed by atoms with van der Waals surface area (Å²) in [6.45, 7) is 1.91. The summed E-state index contributed by atoms with van der Waals surface area (Å²) in [5, 5.41) is 0. The first kappa shape index (κ1) is 11.1. The molecule has 0 rings (SSSR count). The predicted molar refractivity (Wildman–Crippen MR) is 46.2 cm³/mol. The van der Waals surface area contributed by atoms with Crippen LogP contribution in [-0.4, -0.2) is 23.8 Å². The first-order valence-electron chi connectivity index (χ1n) is 3.56. The highest BCUT2D eigenvalue weighted by Gasteiger charge is 2.10. The maximum absolute atomic E-state index is 10.8. The second kappa shape index (κ2) is 6.74. The van der Waals surface area contributed by atoms with Crippen molar-refractivity contribution in [3.63, 3.8) is 0 Å². The summed E-state index contributed by atoms with van der Waals surface area (Å²) in [5.41, 5.74) is 0. The van der Waals surface area contributed by atoms with Gasteiger partial charge in [-0.15, -0.1) is 23.2 Å². The Hall–Kier alpha value is 0.0500. The van der Waals surface area contributed by atoms with Crippen LogP contribution in [0.15, 0.2) is 0 Å². The van der Waals surface area contributed by atoms with Crippen molar-refractivity contribution in [2.75, 3.05) is 11.8 Å². The molecule has 0 aromatic heterocycles. The Labute approximate surface area is 76.8 Å². The van der Waals surface area contributed by atoms with Crippen LogP contribution in [0.3, 0.4) is 0 Å². The quantitative estimate of drug-likeness (QED) is 0.501. The molecule has 0 saturated heterocycles. The van der Waals surface area contributed by atoms with Crippen molar-refractivity contribution in [3.05, 3.63) is 0 Å². The number of carbonyl (C=O) groups is 1. The zero-order valence-corrected chi connectivity index (χ0v) is 7.99. The van der Waals surface area contributed by atoms with E-state index >= 15 is 0 Å². The van der Waals surface area contributed by atoms with E-state index in [-0.39, 0.29) is 23.8 Å². The van der Waals surface area contributed by atoms with Crippen LogP contribution >= 0.6 is 23.2 Å². The minimum absolute atomic E-state index is 0.223. The molecule has 0 aliphatic heterocycles. The molecule has 0 atom stereocenters. The summed E-state index contributed by atoms with van der Waals surface area (Å²) in [6, 6.07) is 0. The van der Waals surface area contributed by atoms with Crippen molar-refractivity contribution in [2.24, 2.45) is 0 Å². The van der Waals surface area contributed by atoms with Crippen molar-refractivity contribution in [3.8, 4) is 0 Å². The van der Waals surface area contributed by atoms with Crippen LogP contribution < -0.4 is 0 Å². The van der Waals surface area contributed by atoms with Gasteiger partial charge in [-0.1, -0.05) is 6.92 Å². The molecule has 0 radical (unpaired) electrons. The highest BCUT2D eigenvalue weighted by molar-refractivity contribution is 6.21. The minimum Gasteiger partial charge on any atom is -0.460 e. The van der Waals surface area contributed by atoms with E-state index in [1.807, 2.05) is 6.92 Å². The fraction of sp³-hybridized carbons (Fsp3) is 0.857. The number of hydrogen-bond donors (Lipinski definition) is 0. The molecule has 0 aliphatic rings. The van der Waals surface area contributed by atoms with Crippen LogP contribution in [0.1, 0.15) is 19.8 Å². The topological polar surface area (TPSA) is 26.3 Å². The molecule has 0 bridgehead atoms. The van der Waals surface area contributed by atoms with Crippen LogP contribution in [0.4, 0.5) is 0 Å². The van der Waals surface area contributed by atoms with Crippen LogP contribution in [0.5, 0.6) is 0 Å². The van der Waals surface area contributed by atoms with Crippen LogP contribution in [0.2, 0.25) is 0 Å². The lowest BCUT2D eigenvalue weighted by atomic mass is 10.3. The SMILES string of the molecule is CCCC(=O)OC(CCl)CCl. The smallest absolute Gasteiger partial charge is 0.306 e. The molecule has 66 valence electrons. The maximum Gasteiger partial charge on any atom is 0.306 e. The summed E-state index contributed by atoms with van der Waals surface area (Å²) in [5.74, 6) is 0.302. The van der Waals surface area contributed by atoms with Gasteiger partial charge in [-0.2, -0.15) is 0 Å². The fourth-order valence-corrected chi connectivity index (χ4v) is 1.01. The highest BCUT2D eigenvalue weighted by Crippen LogP contribution is 2.01. The van der Waals surface area contributed by atoms with Gasteiger partial charge < -0.3 is 4.74 Å². The summed E-state index contributed by atoms with van der Waals surface area (Å²) in [7, 11) is 0. The molecule has 0 fully saturated rings. The van der Waals surface area contributed by atoms with E-state index in [9.17, 15) is 4.79 Å². The number of alkyl halides is 2. The van der Waals surface area contributed by atoms with Crippen molar-refractivity contribution in [2.45, 2.75) is 25.9 Å². The van der Waals surface area contributed by atoms with Gasteiger partial charge >= 0.3 is 5.97 Å². The lowest BCUT2D eigenvalue weighted by Crippen LogP contribution is -2.20. The van der Waals surface area contributed by atoms with Gasteiger partial charge in [0, 0.05) is 6.42 Å². The van der Waals surface area contributed by atoms with E-state index in [1.54, 1.807) is 0 Å². The van der Waals surface area contributed by atoms with Gasteiger partial charge in [-0.3, -0.25) is 4.79 Å². The molecule has 11 heavy (non-hydrogen) atoms. The van der Waals surface area contributed by atoms with E-state index in [1.165, 1.54) is 0 Å². The Bertz CT molecular complexity index is 113. The summed E-state index contributed by atoms with van der Waals surface area (Å²) >= 11 is 10.9. The molecule has 0 amide bonds. The van der Waals surface area contributed by atoms with Crippen molar-refractivity contribution >= 4 is 29.2 Å². The Kier molecular flexibility index (Phi) is 6.77. The third-order valence-electron chi connectivity index (χ3n) is 1.10. The van der Waals surface area contributed by atoms with E-state index in [2.05, 4.69) is 0 Å². The van der Waals surface area contributed by atoms with Crippen LogP contribution in [0, 0.1) is 0 Å². The number of carbonyl (C=O) groups excluding carboxylic acids is 1. The number of esters is 1. The van der Waals surface area contributed by atoms with Gasteiger partial charge in [0.25, 0.3) is 0 Å². The van der Waals surface area contributed by atoms with Gasteiger partial charge in [0.05, 0.1) is 11.8 Å². The van der Waals surface area contributed by atoms with Crippen LogP contribution in [0.25, 0.3) is 0 Å².